The predicted molar refractivity (Wildman–Crippen MR) is 72.8 cm³/mol. The molecule has 0 aromatic carbocycles. The van der Waals surface area contributed by atoms with Gasteiger partial charge in [0.2, 0.25) is 5.91 Å². The molecule has 1 rings (SSSR count). The average molecular weight is 249 g/mol. The van der Waals surface area contributed by atoms with E-state index in [-0.39, 0.29) is 17.9 Å². The minimum atomic E-state index is 0.159. The fraction of sp³-hybridized carbons (Fsp3) is 0.571. The van der Waals surface area contributed by atoms with Crippen LogP contribution in [-0.4, -0.2) is 28.4 Å². The van der Waals surface area contributed by atoms with Crippen molar-refractivity contribution in [3.63, 3.8) is 0 Å². The molecule has 0 saturated carbocycles. The summed E-state index contributed by atoms with van der Waals surface area (Å²) in [5.41, 5.74) is 6.62. The summed E-state index contributed by atoms with van der Waals surface area (Å²) in [5.74, 6) is 0.388. The van der Waals surface area contributed by atoms with Gasteiger partial charge in [-0.05, 0) is 37.9 Å². The highest BCUT2D eigenvalue weighted by atomic mass is 16.2. The highest BCUT2D eigenvalue weighted by molar-refractivity contribution is 5.76. The standard InChI is InChI=1S/C14H23N3O/c1-11(2)17(14(18)7-12(3)8-15)10-13-5-4-6-16-9-13/h4-6,9,11-12H,7-8,10,15H2,1-3H3. The van der Waals surface area contributed by atoms with Gasteiger partial charge in [0, 0.05) is 31.4 Å². The molecule has 1 atom stereocenters. The number of rotatable bonds is 6. The number of pyridine rings is 1. The molecule has 0 saturated heterocycles. The molecule has 1 unspecified atom stereocenters. The highest BCUT2D eigenvalue weighted by Gasteiger charge is 2.19. The van der Waals surface area contributed by atoms with Gasteiger partial charge in [0.25, 0.3) is 0 Å². The van der Waals surface area contributed by atoms with Gasteiger partial charge < -0.3 is 10.6 Å². The van der Waals surface area contributed by atoms with E-state index >= 15 is 0 Å². The minimum absolute atomic E-state index is 0.159. The summed E-state index contributed by atoms with van der Waals surface area (Å²) in [6.45, 7) is 7.22. The van der Waals surface area contributed by atoms with Crippen LogP contribution in [0.1, 0.15) is 32.8 Å². The Kier molecular flexibility index (Phi) is 5.78. The number of nitrogens with zero attached hydrogens (tertiary/aromatic N) is 2. The number of carbonyl (C=O) groups is 1. The third-order valence-electron chi connectivity index (χ3n) is 2.94. The van der Waals surface area contributed by atoms with Gasteiger partial charge in [-0.1, -0.05) is 13.0 Å². The largest absolute Gasteiger partial charge is 0.336 e. The second-order valence-electron chi connectivity index (χ2n) is 5.02. The Balaban J connectivity index is 2.68. The van der Waals surface area contributed by atoms with Gasteiger partial charge in [0.05, 0.1) is 0 Å². The molecule has 0 radical (unpaired) electrons. The van der Waals surface area contributed by atoms with Crippen LogP contribution in [0.3, 0.4) is 0 Å². The maximum atomic E-state index is 12.2. The van der Waals surface area contributed by atoms with E-state index in [9.17, 15) is 4.79 Å². The van der Waals surface area contributed by atoms with E-state index in [0.29, 0.717) is 19.5 Å². The molecule has 0 aliphatic carbocycles. The van der Waals surface area contributed by atoms with Gasteiger partial charge in [-0.25, -0.2) is 0 Å². The lowest BCUT2D eigenvalue weighted by molar-refractivity contribution is -0.134. The second-order valence-corrected chi connectivity index (χ2v) is 5.02. The molecule has 2 N–H and O–H groups in total. The molecule has 0 aliphatic heterocycles. The van der Waals surface area contributed by atoms with Gasteiger partial charge in [0.15, 0.2) is 0 Å². The van der Waals surface area contributed by atoms with Gasteiger partial charge in [0.1, 0.15) is 0 Å². The summed E-state index contributed by atoms with van der Waals surface area (Å²) in [7, 11) is 0. The summed E-state index contributed by atoms with van der Waals surface area (Å²) in [6, 6.07) is 4.06. The van der Waals surface area contributed by atoms with Gasteiger partial charge >= 0.3 is 0 Å². The van der Waals surface area contributed by atoms with Crippen LogP contribution in [0.2, 0.25) is 0 Å². The maximum Gasteiger partial charge on any atom is 0.223 e. The molecule has 0 aliphatic rings. The summed E-state index contributed by atoms with van der Waals surface area (Å²) >= 11 is 0. The van der Waals surface area contributed by atoms with Crippen LogP contribution in [-0.2, 0) is 11.3 Å². The van der Waals surface area contributed by atoms with E-state index in [1.807, 2.05) is 37.8 Å². The van der Waals surface area contributed by atoms with Crippen molar-refractivity contribution >= 4 is 5.91 Å². The first-order valence-electron chi connectivity index (χ1n) is 6.43. The molecule has 4 nitrogen and oxygen atoms in total. The Hall–Kier alpha value is -1.42. The van der Waals surface area contributed by atoms with Crippen LogP contribution in [0.5, 0.6) is 0 Å². The van der Waals surface area contributed by atoms with Gasteiger partial charge in [-0.2, -0.15) is 0 Å². The fourth-order valence-corrected chi connectivity index (χ4v) is 1.75. The van der Waals surface area contributed by atoms with Crippen LogP contribution in [0.15, 0.2) is 24.5 Å². The molecule has 0 spiro atoms. The molecule has 1 amide bonds. The third-order valence-corrected chi connectivity index (χ3v) is 2.94. The molecule has 4 heteroatoms. The average Bonchev–Trinajstić information content (AvgIpc) is 2.36. The topological polar surface area (TPSA) is 59.2 Å². The van der Waals surface area contributed by atoms with Crippen molar-refractivity contribution in [3.8, 4) is 0 Å². The molecule has 1 heterocycles. The zero-order chi connectivity index (χ0) is 13.5. The first-order valence-corrected chi connectivity index (χ1v) is 6.43. The number of carbonyl (C=O) groups excluding carboxylic acids is 1. The van der Waals surface area contributed by atoms with Crippen LogP contribution < -0.4 is 5.73 Å². The van der Waals surface area contributed by atoms with E-state index in [4.69, 9.17) is 5.73 Å². The summed E-state index contributed by atoms with van der Waals surface area (Å²) in [4.78, 5) is 18.2. The summed E-state index contributed by atoms with van der Waals surface area (Å²) in [6.07, 6.45) is 4.05. The van der Waals surface area contributed by atoms with Crippen LogP contribution in [0.25, 0.3) is 0 Å². The normalized spacial score (nSPS) is 12.5. The lowest BCUT2D eigenvalue weighted by atomic mass is 10.1. The first kappa shape index (κ1) is 14.6. The lowest BCUT2D eigenvalue weighted by Crippen LogP contribution is -2.37. The maximum absolute atomic E-state index is 12.2. The zero-order valence-corrected chi connectivity index (χ0v) is 11.5. The lowest BCUT2D eigenvalue weighted by Gasteiger charge is -2.28. The van der Waals surface area contributed by atoms with Crippen molar-refractivity contribution in [3.05, 3.63) is 30.1 Å². The first-order chi connectivity index (χ1) is 8.54. The van der Waals surface area contributed by atoms with Crippen molar-refractivity contribution in [1.29, 1.82) is 0 Å². The van der Waals surface area contributed by atoms with E-state index in [1.165, 1.54) is 0 Å². The van der Waals surface area contributed by atoms with Crippen LogP contribution >= 0.6 is 0 Å². The molecule has 100 valence electrons. The van der Waals surface area contributed by atoms with E-state index in [2.05, 4.69) is 4.98 Å². The van der Waals surface area contributed by atoms with Crippen molar-refractivity contribution in [1.82, 2.24) is 9.88 Å². The number of amides is 1. The molecule has 18 heavy (non-hydrogen) atoms. The summed E-state index contributed by atoms with van der Waals surface area (Å²) < 4.78 is 0. The van der Waals surface area contributed by atoms with Crippen LogP contribution in [0, 0.1) is 5.92 Å². The Bertz CT molecular complexity index is 365. The molecular weight excluding hydrogens is 226 g/mol. The zero-order valence-electron chi connectivity index (χ0n) is 11.5. The number of aromatic nitrogens is 1. The number of hydrogen-bond donors (Lipinski definition) is 1. The third kappa shape index (κ3) is 4.45. The Labute approximate surface area is 109 Å². The quantitative estimate of drug-likeness (QED) is 0.836. The second kappa shape index (κ2) is 7.11. The number of hydrogen-bond acceptors (Lipinski definition) is 3. The van der Waals surface area contributed by atoms with E-state index < -0.39 is 0 Å². The van der Waals surface area contributed by atoms with Crippen molar-refractivity contribution in [2.45, 2.75) is 39.8 Å². The number of nitrogens with two attached hydrogens (primary N) is 1. The Morgan fingerprint density at radius 2 is 2.17 bits per heavy atom. The van der Waals surface area contributed by atoms with Gasteiger partial charge in [-0.3, -0.25) is 9.78 Å². The SMILES string of the molecule is CC(CN)CC(=O)N(Cc1cccnc1)C(C)C. The molecule has 1 aromatic rings. The highest BCUT2D eigenvalue weighted by Crippen LogP contribution is 2.12. The van der Waals surface area contributed by atoms with Crippen LogP contribution in [0.4, 0.5) is 0 Å². The monoisotopic (exact) mass is 249 g/mol. The molecule has 0 fully saturated rings. The molecule has 1 aromatic heterocycles. The molecular formula is C14H23N3O. The summed E-state index contributed by atoms with van der Waals surface area (Å²) in [5, 5.41) is 0. The van der Waals surface area contributed by atoms with Crippen molar-refractivity contribution in [2.24, 2.45) is 11.7 Å². The van der Waals surface area contributed by atoms with Crippen molar-refractivity contribution < 1.29 is 4.79 Å². The molecule has 0 bridgehead atoms. The smallest absolute Gasteiger partial charge is 0.223 e. The van der Waals surface area contributed by atoms with Crippen molar-refractivity contribution in [2.75, 3.05) is 6.54 Å². The van der Waals surface area contributed by atoms with E-state index in [0.717, 1.165) is 5.56 Å². The Morgan fingerprint density at radius 1 is 1.44 bits per heavy atom. The minimum Gasteiger partial charge on any atom is -0.336 e. The predicted octanol–water partition coefficient (Wildman–Crippen LogP) is 1.80. The van der Waals surface area contributed by atoms with Gasteiger partial charge in [-0.15, -0.1) is 0 Å². The fourth-order valence-electron chi connectivity index (χ4n) is 1.75. The van der Waals surface area contributed by atoms with E-state index in [1.54, 1.807) is 12.4 Å². The Morgan fingerprint density at radius 3 is 2.67 bits per heavy atom.